The normalized spacial score (nSPS) is 36.1. The first-order chi connectivity index (χ1) is 8.67. The molecule has 0 bridgehead atoms. The molecule has 1 fully saturated rings. The summed E-state index contributed by atoms with van der Waals surface area (Å²) in [6, 6.07) is 0. The number of aliphatic carboxylic acids is 1. The van der Waals surface area contributed by atoms with Crippen molar-refractivity contribution in [1.29, 1.82) is 0 Å². The van der Waals surface area contributed by atoms with Gasteiger partial charge in [-0.05, 0) is 6.42 Å². The van der Waals surface area contributed by atoms with Gasteiger partial charge in [-0.3, -0.25) is 4.55 Å². The lowest BCUT2D eigenvalue weighted by Crippen LogP contribution is -2.58. The lowest BCUT2D eigenvalue weighted by Gasteiger charge is -2.40. The Hall–Kier alpha value is -0.820. The minimum atomic E-state index is -4.98. The fraction of sp³-hybridized carbons (Fsp3) is 0.875. The highest BCUT2D eigenvalue weighted by atomic mass is 32.3. The maximum Gasteiger partial charge on any atom is 0.397 e. The lowest BCUT2D eigenvalue weighted by molar-refractivity contribution is -0.263. The molecule has 1 aliphatic rings. The van der Waals surface area contributed by atoms with Crippen LogP contribution in [0.3, 0.4) is 0 Å². The zero-order valence-electron chi connectivity index (χ0n) is 9.49. The molecule has 19 heavy (non-hydrogen) atoms. The molecule has 0 amide bonds. The van der Waals surface area contributed by atoms with Gasteiger partial charge >= 0.3 is 16.4 Å². The first-order valence-electron chi connectivity index (χ1n) is 5.18. The Morgan fingerprint density at radius 1 is 1.32 bits per heavy atom. The van der Waals surface area contributed by atoms with Crippen molar-refractivity contribution in [2.45, 2.75) is 31.0 Å². The Morgan fingerprint density at radius 3 is 2.32 bits per heavy atom. The van der Waals surface area contributed by atoms with Crippen LogP contribution < -0.4 is 0 Å². The molecule has 1 aliphatic heterocycles. The van der Waals surface area contributed by atoms with Gasteiger partial charge < -0.3 is 25.2 Å². The van der Waals surface area contributed by atoms with Crippen LogP contribution in [0.2, 0.25) is 0 Å². The molecular formula is C8H14O10S. The molecule has 10 nitrogen and oxygen atoms in total. The van der Waals surface area contributed by atoms with Crippen LogP contribution in [0.1, 0.15) is 6.42 Å². The summed E-state index contributed by atoms with van der Waals surface area (Å²) in [5, 5.41) is 36.8. The Kier molecular flexibility index (Phi) is 5.20. The molecule has 0 aromatic carbocycles. The van der Waals surface area contributed by atoms with E-state index in [1.807, 2.05) is 0 Å². The van der Waals surface area contributed by atoms with E-state index in [9.17, 15) is 23.4 Å². The van der Waals surface area contributed by atoms with Crippen LogP contribution in [-0.2, 0) is 24.1 Å². The number of carbonyl (C=O) groups is 1. The second-order valence-corrected chi connectivity index (χ2v) is 4.99. The molecule has 0 aromatic rings. The van der Waals surface area contributed by atoms with Gasteiger partial charge in [0.05, 0.1) is 6.10 Å². The van der Waals surface area contributed by atoms with Gasteiger partial charge in [0.1, 0.15) is 0 Å². The predicted octanol–water partition coefficient (Wildman–Crippen LogP) is -2.66. The third-order valence-electron chi connectivity index (χ3n) is 2.67. The average Bonchev–Trinajstić information content (AvgIpc) is 2.26. The number of aliphatic hydroxyl groups is 3. The summed E-state index contributed by atoms with van der Waals surface area (Å²) in [5.41, 5.74) is 0. The molecule has 112 valence electrons. The molecule has 0 spiro atoms. The average molecular weight is 302 g/mol. The Balaban J connectivity index is 2.96. The van der Waals surface area contributed by atoms with E-state index < -0.39 is 53.5 Å². The summed E-state index contributed by atoms with van der Waals surface area (Å²) >= 11 is 0. The number of hydrogen-bond acceptors (Lipinski definition) is 8. The topological polar surface area (TPSA) is 171 Å². The zero-order valence-corrected chi connectivity index (χ0v) is 10.3. The predicted molar refractivity (Wildman–Crippen MR) is 56.1 cm³/mol. The van der Waals surface area contributed by atoms with Crippen molar-refractivity contribution in [3.63, 3.8) is 0 Å². The molecule has 0 aromatic heterocycles. The lowest BCUT2D eigenvalue weighted by atomic mass is 9.86. The maximum atomic E-state index is 10.9. The SMILES string of the molecule is O=C(O)C1OC(O)C(OS(=O)(=O)O)[C@H](O)[C@@H]1CCO. The van der Waals surface area contributed by atoms with Crippen molar-refractivity contribution >= 4 is 16.4 Å². The quantitative estimate of drug-likeness (QED) is 0.337. The molecule has 5 atom stereocenters. The van der Waals surface area contributed by atoms with Crippen molar-refractivity contribution in [3.8, 4) is 0 Å². The van der Waals surface area contributed by atoms with Crippen molar-refractivity contribution in [3.05, 3.63) is 0 Å². The standard InChI is InChI=1S/C8H14O10S/c9-2-1-3-4(10)6(18-19(14,15)16)8(13)17-5(3)7(11)12/h3-6,8-10,13H,1-2H2,(H,11,12)(H,14,15,16)/t3-,4+,5?,6?,8?/m0/s1. The molecular weight excluding hydrogens is 288 g/mol. The van der Waals surface area contributed by atoms with Crippen LogP contribution >= 0.6 is 0 Å². The van der Waals surface area contributed by atoms with Crippen LogP contribution in [0, 0.1) is 5.92 Å². The second-order valence-electron chi connectivity index (χ2n) is 3.94. The molecule has 5 N–H and O–H groups in total. The summed E-state index contributed by atoms with van der Waals surface area (Å²) in [4.78, 5) is 10.9. The molecule has 11 heteroatoms. The summed E-state index contributed by atoms with van der Waals surface area (Å²) in [5.74, 6) is -2.71. The largest absolute Gasteiger partial charge is 0.479 e. The Labute approximate surface area is 108 Å². The van der Waals surface area contributed by atoms with Crippen LogP contribution in [0.15, 0.2) is 0 Å². The van der Waals surface area contributed by atoms with Gasteiger partial charge in [-0.1, -0.05) is 0 Å². The van der Waals surface area contributed by atoms with Crippen LogP contribution in [0.4, 0.5) is 0 Å². The van der Waals surface area contributed by atoms with E-state index in [4.69, 9.17) is 14.8 Å². The van der Waals surface area contributed by atoms with E-state index in [0.29, 0.717) is 0 Å². The van der Waals surface area contributed by atoms with Gasteiger partial charge in [-0.25, -0.2) is 8.98 Å². The van der Waals surface area contributed by atoms with E-state index in [2.05, 4.69) is 8.92 Å². The van der Waals surface area contributed by atoms with Crippen LogP contribution in [0.25, 0.3) is 0 Å². The highest BCUT2D eigenvalue weighted by molar-refractivity contribution is 7.80. The van der Waals surface area contributed by atoms with E-state index in [0.717, 1.165) is 0 Å². The summed E-state index contributed by atoms with van der Waals surface area (Å²) in [6.45, 7) is -0.496. The van der Waals surface area contributed by atoms with Crippen molar-refractivity contribution < 1.29 is 47.1 Å². The van der Waals surface area contributed by atoms with Gasteiger partial charge in [-0.15, -0.1) is 0 Å². The summed E-state index contributed by atoms with van der Waals surface area (Å²) in [7, 11) is -4.98. The number of ether oxygens (including phenoxy) is 1. The number of carboxylic acids is 1. The third kappa shape index (κ3) is 4.07. The van der Waals surface area contributed by atoms with E-state index >= 15 is 0 Å². The van der Waals surface area contributed by atoms with Crippen molar-refractivity contribution in [1.82, 2.24) is 0 Å². The molecule has 1 heterocycles. The van der Waals surface area contributed by atoms with Gasteiger partial charge in [0.25, 0.3) is 0 Å². The Bertz CT molecular complexity index is 419. The highest BCUT2D eigenvalue weighted by Gasteiger charge is 2.49. The van der Waals surface area contributed by atoms with Gasteiger partial charge in [0.15, 0.2) is 18.5 Å². The smallest absolute Gasteiger partial charge is 0.397 e. The zero-order chi connectivity index (χ0) is 14.8. The molecule has 0 radical (unpaired) electrons. The fourth-order valence-corrected chi connectivity index (χ4v) is 2.37. The molecule has 0 saturated carbocycles. The van der Waals surface area contributed by atoms with Gasteiger partial charge in [0, 0.05) is 12.5 Å². The number of aliphatic hydroxyl groups excluding tert-OH is 3. The van der Waals surface area contributed by atoms with E-state index in [-0.39, 0.29) is 6.42 Å². The number of carboxylic acid groups (broad SMARTS) is 1. The first-order valence-corrected chi connectivity index (χ1v) is 6.55. The minimum absolute atomic E-state index is 0.226. The molecule has 1 saturated heterocycles. The molecule has 0 aliphatic carbocycles. The second kappa shape index (κ2) is 6.09. The van der Waals surface area contributed by atoms with E-state index in [1.165, 1.54) is 0 Å². The van der Waals surface area contributed by atoms with Crippen LogP contribution in [0.5, 0.6) is 0 Å². The summed E-state index contributed by atoms with van der Waals surface area (Å²) in [6.07, 6.45) is -7.58. The number of rotatable bonds is 5. The minimum Gasteiger partial charge on any atom is -0.479 e. The number of hydrogen-bond donors (Lipinski definition) is 5. The van der Waals surface area contributed by atoms with Gasteiger partial charge in [0.2, 0.25) is 0 Å². The molecule has 1 rings (SSSR count). The first kappa shape index (κ1) is 16.2. The van der Waals surface area contributed by atoms with Crippen molar-refractivity contribution in [2.24, 2.45) is 5.92 Å². The monoisotopic (exact) mass is 302 g/mol. The fourth-order valence-electron chi connectivity index (χ4n) is 1.88. The maximum absolute atomic E-state index is 10.9. The van der Waals surface area contributed by atoms with Crippen molar-refractivity contribution in [2.75, 3.05) is 6.61 Å². The Morgan fingerprint density at radius 2 is 1.89 bits per heavy atom. The molecule has 3 unspecified atom stereocenters. The highest BCUT2D eigenvalue weighted by Crippen LogP contribution is 2.30. The van der Waals surface area contributed by atoms with E-state index in [1.54, 1.807) is 0 Å². The third-order valence-corrected chi connectivity index (χ3v) is 3.14. The van der Waals surface area contributed by atoms with Crippen LogP contribution in [-0.4, -0.2) is 70.6 Å². The van der Waals surface area contributed by atoms with Gasteiger partial charge in [-0.2, -0.15) is 8.42 Å². The summed E-state index contributed by atoms with van der Waals surface area (Å²) < 4.78 is 38.3.